The van der Waals surface area contributed by atoms with Gasteiger partial charge in [-0.15, -0.1) is 0 Å². The van der Waals surface area contributed by atoms with E-state index >= 15 is 0 Å². The van der Waals surface area contributed by atoms with Gasteiger partial charge in [-0.05, 0) is 13.8 Å². The quantitative estimate of drug-likeness (QED) is 0.724. The number of rotatable bonds is 4. The molecule has 1 aromatic rings. The van der Waals surface area contributed by atoms with E-state index in [-0.39, 0.29) is 5.41 Å². The Balaban J connectivity index is 2.26. The SMILES string of the molecule is CC(C)(C#N)CNCc1ncc[nH]1. The smallest absolute Gasteiger partial charge is 0.120 e. The van der Waals surface area contributed by atoms with E-state index in [9.17, 15) is 0 Å². The van der Waals surface area contributed by atoms with Gasteiger partial charge in [-0.3, -0.25) is 0 Å². The Hall–Kier alpha value is -1.34. The van der Waals surface area contributed by atoms with Gasteiger partial charge in [-0.2, -0.15) is 5.26 Å². The molecule has 0 aliphatic carbocycles. The molecular formula is C9H14N4. The van der Waals surface area contributed by atoms with Crippen LogP contribution in [-0.4, -0.2) is 16.5 Å². The Bertz CT molecular complexity index is 281. The first-order valence-electron chi connectivity index (χ1n) is 4.24. The normalized spacial score (nSPS) is 11.2. The molecule has 1 aromatic heterocycles. The molecule has 0 aliphatic rings. The van der Waals surface area contributed by atoms with Gasteiger partial charge in [0.2, 0.25) is 0 Å². The van der Waals surface area contributed by atoms with Crippen LogP contribution in [0.15, 0.2) is 12.4 Å². The lowest BCUT2D eigenvalue weighted by molar-refractivity contribution is 0.442. The van der Waals surface area contributed by atoms with E-state index < -0.39 is 0 Å². The molecule has 0 saturated carbocycles. The van der Waals surface area contributed by atoms with Gasteiger partial charge in [0.05, 0.1) is 18.0 Å². The Kier molecular flexibility index (Phi) is 3.04. The maximum atomic E-state index is 8.74. The van der Waals surface area contributed by atoms with Gasteiger partial charge in [0.15, 0.2) is 0 Å². The van der Waals surface area contributed by atoms with E-state index in [4.69, 9.17) is 5.26 Å². The van der Waals surface area contributed by atoms with E-state index in [1.165, 1.54) is 0 Å². The van der Waals surface area contributed by atoms with Crippen LogP contribution in [0, 0.1) is 16.7 Å². The fourth-order valence-corrected chi connectivity index (χ4v) is 0.928. The summed E-state index contributed by atoms with van der Waals surface area (Å²) in [5.41, 5.74) is -0.313. The van der Waals surface area contributed by atoms with Gasteiger partial charge in [0.25, 0.3) is 0 Å². The second-order valence-corrected chi connectivity index (χ2v) is 3.64. The van der Waals surface area contributed by atoms with Crippen LogP contribution in [0.2, 0.25) is 0 Å². The highest BCUT2D eigenvalue weighted by Crippen LogP contribution is 2.10. The third kappa shape index (κ3) is 3.26. The van der Waals surface area contributed by atoms with Crippen molar-refractivity contribution >= 4 is 0 Å². The summed E-state index contributed by atoms with van der Waals surface area (Å²) in [5, 5.41) is 11.9. The summed E-state index contributed by atoms with van der Waals surface area (Å²) < 4.78 is 0. The average molecular weight is 178 g/mol. The zero-order valence-electron chi connectivity index (χ0n) is 7.96. The fraction of sp³-hybridized carbons (Fsp3) is 0.556. The fourth-order valence-electron chi connectivity index (χ4n) is 0.928. The third-order valence-electron chi connectivity index (χ3n) is 1.72. The molecule has 13 heavy (non-hydrogen) atoms. The molecule has 0 aliphatic heterocycles. The second kappa shape index (κ2) is 4.06. The lowest BCUT2D eigenvalue weighted by Crippen LogP contribution is -2.28. The number of H-pyrrole nitrogens is 1. The first-order chi connectivity index (χ1) is 6.14. The van der Waals surface area contributed by atoms with Gasteiger partial charge in [-0.1, -0.05) is 0 Å². The summed E-state index contributed by atoms with van der Waals surface area (Å²) in [6, 6.07) is 2.23. The molecule has 0 fully saturated rings. The van der Waals surface area contributed by atoms with E-state index in [0.29, 0.717) is 13.1 Å². The van der Waals surface area contributed by atoms with Crippen molar-refractivity contribution in [3.8, 4) is 6.07 Å². The predicted molar refractivity (Wildman–Crippen MR) is 49.7 cm³/mol. The molecule has 0 spiro atoms. The molecule has 2 N–H and O–H groups in total. The standard InChI is InChI=1S/C9H14N4/c1-9(2,6-10)7-11-5-8-12-3-4-13-8/h3-4,11H,5,7H2,1-2H3,(H,12,13). The monoisotopic (exact) mass is 178 g/mol. The van der Waals surface area contributed by atoms with Crippen LogP contribution in [0.25, 0.3) is 0 Å². The molecule has 0 unspecified atom stereocenters. The summed E-state index contributed by atoms with van der Waals surface area (Å²) >= 11 is 0. The van der Waals surface area contributed by atoms with Crippen LogP contribution in [0.4, 0.5) is 0 Å². The average Bonchev–Trinajstić information content (AvgIpc) is 2.57. The largest absolute Gasteiger partial charge is 0.348 e. The highest BCUT2D eigenvalue weighted by molar-refractivity contribution is 4.94. The number of nitrogens with zero attached hydrogens (tertiary/aromatic N) is 2. The summed E-state index contributed by atoms with van der Waals surface area (Å²) in [5.74, 6) is 0.897. The van der Waals surface area contributed by atoms with E-state index in [2.05, 4.69) is 21.4 Å². The van der Waals surface area contributed by atoms with Crippen LogP contribution < -0.4 is 5.32 Å². The predicted octanol–water partition coefficient (Wildman–Crippen LogP) is 1.05. The molecule has 4 heteroatoms. The molecule has 70 valence electrons. The number of aromatic amines is 1. The van der Waals surface area contributed by atoms with Crippen molar-refractivity contribution in [3.63, 3.8) is 0 Å². The van der Waals surface area contributed by atoms with Crippen molar-refractivity contribution in [3.05, 3.63) is 18.2 Å². The molecule has 0 saturated heterocycles. The Morgan fingerprint density at radius 1 is 1.69 bits per heavy atom. The molecule has 1 heterocycles. The molecule has 4 nitrogen and oxygen atoms in total. The second-order valence-electron chi connectivity index (χ2n) is 3.64. The van der Waals surface area contributed by atoms with E-state index in [1.54, 1.807) is 12.4 Å². The number of aromatic nitrogens is 2. The van der Waals surface area contributed by atoms with Crippen LogP contribution in [0.5, 0.6) is 0 Å². The summed E-state index contributed by atoms with van der Waals surface area (Å²) in [7, 11) is 0. The summed E-state index contributed by atoms with van der Waals surface area (Å²) in [4.78, 5) is 7.05. The number of imidazole rings is 1. The first-order valence-corrected chi connectivity index (χ1v) is 4.24. The van der Waals surface area contributed by atoms with Crippen molar-refractivity contribution in [2.45, 2.75) is 20.4 Å². The van der Waals surface area contributed by atoms with Gasteiger partial charge in [0, 0.05) is 18.9 Å². The molecule has 1 rings (SSSR count). The van der Waals surface area contributed by atoms with Crippen LogP contribution in [-0.2, 0) is 6.54 Å². The van der Waals surface area contributed by atoms with Crippen molar-refractivity contribution in [1.29, 1.82) is 5.26 Å². The van der Waals surface area contributed by atoms with Gasteiger partial charge in [-0.25, -0.2) is 4.98 Å². The van der Waals surface area contributed by atoms with Gasteiger partial charge >= 0.3 is 0 Å². The highest BCUT2D eigenvalue weighted by Gasteiger charge is 2.15. The summed E-state index contributed by atoms with van der Waals surface area (Å²) in [6.45, 7) is 5.16. The van der Waals surface area contributed by atoms with Gasteiger partial charge in [0.1, 0.15) is 5.82 Å². The minimum absolute atomic E-state index is 0.313. The molecule has 0 aromatic carbocycles. The van der Waals surface area contributed by atoms with Crippen LogP contribution >= 0.6 is 0 Å². The number of nitrogens with one attached hydrogen (secondary N) is 2. The zero-order valence-corrected chi connectivity index (χ0v) is 7.96. The van der Waals surface area contributed by atoms with Crippen LogP contribution in [0.1, 0.15) is 19.7 Å². The molecule has 0 amide bonds. The topological polar surface area (TPSA) is 64.5 Å². The van der Waals surface area contributed by atoms with Crippen molar-refractivity contribution in [2.24, 2.45) is 5.41 Å². The molecule has 0 bridgehead atoms. The Morgan fingerprint density at radius 2 is 2.46 bits per heavy atom. The maximum absolute atomic E-state index is 8.74. The summed E-state index contributed by atoms with van der Waals surface area (Å²) in [6.07, 6.45) is 3.50. The number of hydrogen-bond acceptors (Lipinski definition) is 3. The van der Waals surface area contributed by atoms with Gasteiger partial charge < -0.3 is 10.3 Å². The molecule has 0 atom stereocenters. The third-order valence-corrected chi connectivity index (χ3v) is 1.72. The van der Waals surface area contributed by atoms with Crippen LogP contribution in [0.3, 0.4) is 0 Å². The van der Waals surface area contributed by atoms with E-state index in [1.807, 2.05) is 13.8 Å². The maximum Gasteiger partial charge on any atom is 0.120 e. The minimum atomic E-state index is -0.313. The first kappa shape index (κ1) is 9.75. The van der Waals surface area contributed by atoms with E-state index in [0.717, 1.165) is 5.82 Å². The number of hydrogen-bond donors (Lipinski definition) is 2. The number of nitriles is 1. The minimum Gasteiger partial charge on any atom is -0.348 e. The van der Waals surface area contributed by atoms with Crippen molar-refractivity contribution < 1.29 is 0 Å². The molecule has 0 radical (unpaired) electrons. The highest BCUT2D eigenvalue weighted by atomic mass is 15.0. The zero-order chi connectivity index (χ0) is 9.73. The van der Waals surface area contributed by atoms with Crippen molar-refractivity contribution in [1.82, 2.24) is 15.3 Å². The molecular weight excluding hydrogens is 164 g/mol. The Morgan fingerprint density at radius 3 is 3.00 bits per heavy atom. The lowest BCUT2D eigenvalue weighted by atomic mass is 9.96. The Labute approximate surface area is 78.0 Å². The van der Waals surface area contributed by atoms with Crippen molar-refractivity contribution in [2.75, 3.05) is 6.54 Å². The lowest BCUT2D eigenvalue weighted by Gasteiger charge is -2.14.